The summed E-state index contributed by atoms with van der Waals surface area (Å²) in [4.78, 5) is 9.83. The number of nitrogens with one attached hydrogen (secondary N) is 1. The molecule has 128 valence electrons. The van der Waals surface area contributed by atoms with Crippen LogP contribution in [-0.2, 0) is 0 Å². The molecule has 22 heavy (non-hydrogen) atoms. The molecule has 1 atom stereocenters. The predicted molar refractivity (Wildman–Crippen MR) is 110 cm³/mol. The molecular weight excluding hydrogens is 407 g/mol. The molecule has 0 bridgehead atoms. The first kappa shape index (κ1) is 20.1. The minimum atomic E-state index is 0. The topological polar surface area (TPSA) is 30.9 Å². The van der Waals surface area contributed by atoms with E-state index in [1.165, 1.54) is 25.0 Å². The van der Waals surface area contributed by atoms with E-state index in [9.17, 15) is 0 Å². The van der Waals surface area contributed by atoms with Crippen LogP contribution in [-0.4, -0.2) is 73.1 Å². The quantitative estimate of drug-likeness (QED) is 0.218. The summed E-state index contributed by atoms with van der Waals surface area (Å²) in [6.45, 7) is 8.57. The Balaban J connectivity index is 0.00000242. The van der Waals surface area contributed by atoms with Gasteiger partial charge < -0.3 is 10.2 Å². The van der Waals surface area contributed by atoms with Gasteiger partial charge in [0.05, 0.1) is 0 Å². The molecule has 1 fully saturated rings. The molecule has 0 aromatic heterocycles. The highest BCUT2D eigenvalue weighted by Crippen LogP contribution is 2.17. The first-order valence-electron chi connectivity index (χ1n) is 8.26. The molecule has 0 spiro atoms. The lowest BCUT2D eigenvalue weighted by Gasteiger charge is -2.25. The standard InChI is InChI=1S/C16H30N4S.HI/c1-3-17-16(18-9-4-7-13-21-2)20-12-8-15(14-20)19-10-5-6-11-19;/h5-6,15H,3-4,7-14H2,1-2H3,(H,17,18);1H. The second kappa shape index (κ2) is 11.6. The van der Waals surface area contributed by atoms with Gasteiger partial charge in [-0.15, -0.1) is 24.0 Å². The lowest BCUT2D eigenvalue weighted by Crippen LogP contribution is -2.42. The van der Waals surface area contributed by atoms with Crippen LogP contribution in [0.3, 0.4) is 0 Å². The minimum Gasteiger partial charge on any atom is -0.357 e. The van der Waals surface area contributed by atoms with E-state index in [4.69, 9.17) is 4.99 Å². The normalized spacial score (nSPS) is 22.2. The van der Waals surface area contributed by atoms with Gasteiger partial charge in [-0.05, 0) is 38.2 Å². The molecule has 4 nitrogen and oxygen atoms in total. The van der Waals surface area contributed by atoms with Crippen molar-refractivity contribution in [1.29, 1.82) is 0 Å². The number of halogens is 1. The average molecular weight is 438 g/mol. The number of rotatable bonds is 7. The van der Waals surface area contributed by atoms with Crippen LogP contribution in [0.5, 0.6) is 0 Å². The molecule has 0 radical (unpaired) electrons. The van der Waals surface area contributed by atoms with Crippen molar-refractivity contribution >= 4 is 41.7 Å². The Morgan fingerprint density at radius 2 is 2.09 bits per heavy atom. The van der Waals surface area contributed by atoms with Gasteiger partial charge >= 0.3 is 0 Å². The second-order valence-electron chi connectivity index (χ2n) is 5.75. The molecule has 2 aliphatic heterocycles. The van der Waals surface area contributed by atoms with Gasteiger partial charge in [-0.3, -0.25) is 9.89 Å². The Morgan fingerprint density at radius 1 is 1.32 bits per heavy atom. The lowest BCUT2D eigenvalue weighted by molar-refractivity contribution is 0.259. The number of hydrogen-bond donors (Lipinski definition) is 1. The van der Waals surface area contributed by atoms with Gasteiger partial charge in [0.2, 0.25) is 0 Å². The van der Waals surface area contributed by atoms with Gasteiger partial charge in [0.1, 0.15) is 0 Å². The van der Waals surface area contributed by atoms with E-state index in [0.29, 0.717) is 6.04 Å². The van der Waals surface area contributed by atoms with Crippen molar-refractivity contribution in [1.82, 2.24) is 15.1 Å². The van der Waals surface area contributed by atoms with Crippen molar-refractivity contribution in [3.63, 3.8) is 0 Å². The predicted octanol–water partition coefficient (Wildman–Crippen LogP) is 2.66. The molecule has 2 rings (SSSR count). The summed E-state index contributed by atoms with van der Waals surface area (Å²) >= 11 is 1.92. The van der Waals surface area contributed by atoms with Gasteiger partial charge in [0.15, 0.2) is 5.96 Å². The summed E-state index contributed by atoms with van der Waals surface area (Å²) in [5.41, 5.74) is 0. The third kappa shape index (κ3) is 6.28. The molecule has 1 unspecified atom stereocenters. The van der Waals surface area contributed by atoms with Gasteiger partial charge in [-0.25, -0.2) is 0 Å². The zero-order valence-electron chi connectivity index (χ0n) is 14.0. The van der Waals surface area contributed by atoms with E-state index >= 15 is 0 Å². The van der Waals surface area contributed by atoms with Crippen LogP contribution in [0.4, 0.5) is 0 Å². The summed E-state index contributed by atoms with van der Waals surface area (Å²) in [6, 6.07) is 0.695. The van der Waals surface area contributed by atoms with E-state index in [1.54, 1.807) is 0 Å². The maximum Gasteiger partial charge on any atom is 0.193 e. The smallest absolute Gasteiger partial charge is 0.193 e. The molecule has 0 aliphatic carbocycles. The maximum absolute atomic E-state index is 4.82. The summed E-state index contributed by atoms with van der Waals surface area (Å²) < 4.78 is 0. The zero-order valence-corrected chi connectivity index (χ0v) is 17.1. The molecule has 0 amide bonds. The van der Waals surface area contributed by atoms with Crippen molar-refractivity contribution in [2.24, 2.45) is 4.99 Å². The first-order chi connectivity index (χ1) is 10.3. The molecule has 2 heterocycles. The van der Waals surface area contributed by atoms with Gasteiger partial charge in [0, 0.05) is 45.3 Å². The highest BCUT2D eigenvalue weighted by molar-refractivity contribution is 14.0. The van der Waals surface area contributed by atoms with E-state index in [2.05, 4.69) is 40.4 Å². The molecule has 0 saturated carbocycles. The Bertz CT molecular complexity index is 354. The van der Waals surface area contributed by atoms with E-state index < -0.39 is 0 Å². The first-order valence-corrected chi connectivity index (χ1v) is 9.65. The van der Waals surface area contributed by atoms with Gasteiger partial charge in [0.25, 0.3) is 0 Å². The van der Waals surface area contributed by atoms with Crippen LogP contribution < -0.4 is 5.32 Å². The number of likely N-dealkylation sites (tertiary alicyclic amines) is 1. The Kier molecular flexibility index (Phi) is 10.6. The Morgan fingerprint density at radius 3 is 2.77 bits per heavy atom. The number of unbranched alkanes of at least 4 members (excludes halogenated alkanes) is 1. The highest BCUT2D eigenvalue weighted by atomic mass is 127. The third-order valence-electron chi connectivity index (χ3n) is 4.18. The molecule has 1 N–H and O–H groups in total. The number of nitrogens with zero attached hydrogens (tertiary/aromatic N) is 3. The largest absolute Gasteiger partial charge is 0.357 e. The molecule has 0 aromatic rings. The number of thioether (sulfide) groups is 1. The van der Waals surface area contributed by atoms with Crippen LogP contribution in [0.25, 0.3) is 0 Å². The summed E-state index contributed by atoms with van der Waals surface area (Å²) in [5.74, 6) is 2.37. The fourth-order valence-corrected chi connectivity index (χ4v) is 3.49. The minimum absolute atomic E-state index is 0. The van der Waals surface area contributed by atoms with E-state index in [-0.39, 0.29) is 24.0 Å². The second-order valence-corrected chi connectivity index (χ2v) is 6.73. The number of hydrogen-bond acceptors (Lipinski definition) is 3. The van der Waals surface area contributed by atoms with Crippen LogP contribution in [0.1, 0.15) is 26.2 Å². The maximum atomic E-state index is 4.82. The fraction of sp³-hybridized carbons (Fsp3) is 0.812. The Labute approximate surface area is 157 Å². The van der Waals surface area contributed by atoms with E-state index in [1.807, 2.05) is 11.8 Å². The summed E-state index contributed by atoms with van der Waals surface area (Å²) in [6.07, 6.45) is 10.5. The average Bonchev–Trinajstić information content (AvgIpc) is 3.16. The van der Waals surface area contributed by atoms with Crippen LogP contribution >= 0.6 is 35.7 Å². The van der Waals surface area contributed by atoms with E-state index in [0.717, 1.165) is 45.2 Å². The van der Waals surface area contributed by atoms with Crippen molar-refractivity contribution in [2.75, 3.05) is 51.3 Å². The van der Waals surface area contributed by atoms with Crippen LogP contribution in [0.2, 0.25) is 0 Å². The lowest BCUT2D eigenvalue weighted by atomic mass is 10.2. The highest BCUT2D eigenvalue weighted by Gasteiger charge is 2.29. The zero-order chi connectivity index (χ0) is 14.9. The molecular formula is C16H31IN4S. The molecule has 0 aromatic carbocycles. The van der Waals surface area contributed by atoms with Crippen molar-refractivity contribution in [3.05, 3.63) is 12.2 Å². The fourth-order valence-electron chi connectivity index (χ4n) is 2.99. The van der Waals surface area contributed by atoms with Gasteiger partial charge in [-0.2, -0.15) is 11.8 Å². The number of guanidine groups is 1. The molecule has 1 saturated heterocycles. The SMILES string of the molecule is CCNC(=NCCCCSC)N1CCC(N2CC=CC2)C1.I. The third-order valence-corrected chi connectivity index (χ3v) is 4.88. The number of aliphatic imine (C=N–C) groups is 1. The summed E-state index contributed by atoms with van der Waals surface area (Å²) in [5, 5.41) is 3.46. The van der Waals surface area contributed by atoms with Crippen molar-refractivity contribution in [3.8, 4) is 0 Å². The van der Waals surface area contributed by atoms with Crippen LogP contribution in [0, 0.1) is 0 Å². The van der Waals surface area contributed by atoms with Crippen molar-refractivity contribution in [2.45, 2.75) is 32.2 Å². The monoisotopic (exact) mass is 438 g/mol. The Hall–Kier alpha value is 0.0500. The summed E-state index contributed by atoms with van der Waals surface area (Å²) in [7, 11) is 0. The molecule has 6 heteroatoms. The van der Waals surface area contributed by atoms with Crippen LogP contribution in [0.15, 0.2) is 17.1 Å². The van der Waals surface area contributed by atoms with Crippen molar-refractivity contribution < 1.29 is 0 Å². The molecule has 2 aliphatic rings. The van der Waals surface area contributed by atoms with Gasteiger partial charge in [-0.1, -0.05) is 12.2 Å².